The van der Waals surface area contributed by atoms with Gasteiger partial charge >= 0.3 is 0 Å². The van der Waals surface area contributed by atoms with E-state index in [0.717, 1.165) is 41.3 Å². The van der Waals surface area contributed by atoms with Crippen LogP contribution in [0.2, 0.25) is 0 Å². The van der Waals surface area contributed by atoms with Crippen molar-refractivity contribution in [2.45, 2.75) is 54.1 Å². The number of carbonyl (C=O) groups excluding carboxylic acids is 1. The van der Waals surface area contributed by atoms with E-state index >= 15 is 0 Å². The fourth-order valence-electron chi connectivity index (χ4n) is 3.76. The van der Waals surface area contributed by atoms with Crippen molar-refractivity contribution >= 4 is 22.9 Å². The zero-order valence-electron chi connectivity index (χ0n) is 20.0. The average Bonchev–Trinajstić information content (AvgIpc) is 3.14. The minimum absolute atomic E-state index is 0.0533. The van der Waals surface area contributed by atoms with Gasteiger partial charge in [-0.05, 0) is 69.0 Å². The molecule has 1 N–H and O–H groups in total. The predicted octanol–water partition coefficient (Wildman–Crippen LogP) is 5.58. The first-order chi connectivity index (χ1) is 15.5. The molecule has 1 heterocycles. The van der Waals surface area contributed by atoms with Gasteiger partial charge in [-0.3, -0.25) is 4.79 Å². The van der Waals surface area contributed by atoms with Crippen molar-refractivity contribution in [2.24, 2.45) is 5.92 Å². The van der Waals surface area contributed by atoms with E-state index < -0.39 is 0 Å². The Morgan fingerprint density at radius 2 is 1.81 bits per heavy atom. The van der Waals surface area contributed by atoms with E-state index in [0.29, 0.717) is 37.7 Å². The summed E-state index contributed by atoms with van der Waals surface area (Å²) in [7, 11) is 0. The van der Waals surface area contributed by atoms with Crippen LogP contribution in [-0.4, -0.2) is 40.1 Å². The molecular weight excluding hydrogens is 400 g/mol. The van der Waals surface area contributed by atoms with Crippen LogP contribution in [0.1, 0.15) is 57.0 Å². The van der Waals surface area contributed by atoms with E-state index in [4.69, 9.17) is 9.72 Å². The lowest BCUT2D eigenvalue weighted by Gasteiger charge is -2.18. The Kier molecular flexibility index (Phi) is 8.14. The summed E-state index contributed by atoms with van der Waals surface area (Å²) in [6, 6.07) is 14.0. The molecule has 0 aliphatic carbocycles. The molecule has 0 spiro atoms. The summed E-state index contributed by atoms with van der Waals surface area (Å²) in [5, 5.41) is 3.50. The number of anilines is 1. The molecule has 6 nitrogen and oxygen atoms in total. The Labute approximate surface area is 191 Å². The summed E-state index contributed by atoms with van der Waals surface area (Å²) >= 11 is 0. The first-order valence-electron chi connectivity index (χ1n) is 11.7. The van der Waals surface area contributed by atoms with Crippen LogP contribution < -0.4 is 10.1 Å². The first-order valence-corrected chi connectivity index (χ1v) is 11.7. The maximum atomic E-state index is 12.8. The number of carbonyl (C=O) groups is 1. The molecule has 0 aliphatic rings. The number of fused-ring (bicyclic) bond motifs is 1. The number of imidazole rings is 1. The van der Waals surface area contributed by atoms with Crippen LogP contribution in [0.4, 0.5) is 5.95 Å². The molecule has 3 rings (SSSR count). The Morgan fingerprint density at radius 1 is 1.09 bits per heavy atom. The first kappa shape index (κ1) is 23.6. The standard InChI is InChI=1S/C26H36N4O2/c1-6-29(7-2)25(31)21-11-14-24-23(17-21)28-26(30(24)16-15-19(4)5)27-18-20-9-12-22(13-10-20)32-8-3/h9-14,17,19H,6-8,15-16,18H2,1-5H3,(H,27,28). The smallest absolute Gasteiger partial charge is 0.253 e. The van der Waals surface area contributed by atoms with Gasteiger partial charge in [0.15, 0.2) is 0 Å². The highest BCUT2D eigenvalue weighted by atomic mass is 16.5. The van der Waals surface area contributed by atoms with Gasteiger partial charge in [0.1, 0.15) is 5.75 Å². The number of ether oxygens (including phenoxy) is 1. The SMILES string of the molecule is CCOc1ccc(CNc2nc3cc(C(=O)N(CC)CC)ccc3n2CCC(C)C)cc1. The highest BCUT2D eigenvalue weighted by Crippen LogP contribution is 2.24. The van der Waals surface area contributed by atoms with Crippen molar-refractivity contribution in [3.63, 3.8) is 0 Å². The molecule has 6 heteroatoms. The minimum atomic E-state index is 0.0533. The molecule has 0 radical (unpaired) electrons. The van der Waals surface area contributed by atoms with Crippen LogP contribution in [0.15, 0.2) is 42.5 Å². The highest BCUT2D eigenvalue weighted by molar-refractivity contribution is 5.97. The minimum Gasteiger partial charge on any atom is -0.494 e. The summed E-state index contributed by atoms with van der Waals surface area (Å²) < 4.78 is 7.76. The average molecular weight is 437 g/mol. The van der Waals surface area contributed by atoms with Gasteiger partial charge in [-0.25, -0.2) is 4.98 Å². The molecule has 32 heavy (non-hydrogen) atoms. The van der Waals surface area contributed by atoms with Gasteiger partial charge in [0, 0.05) is 31.7 Å². The molecule has 1 amide bonds. The predicted molar refractivity (Wildman–Crippen MR) is 131 cm³/mol. The van der Waals surface area contributed by atoms with Crippen LogP contribution in [-0.2, 0) is 13.1 Å². The van der Waals surface area contributed by atoms with Crippen molar-refractivity contribution in [1.29, 1.82) is 0 Å². The molecule has 2 aromatic carbocycles. The topological polar surface area (TPSA) is 59.4 Å². The summed E-state index contributed by atoms with van der Waals surface area (Å²) in [5.41, 5.74) is 3.75. The molecule has 0 saturated carbocycles. The number of hydrogen-bond acceptors (Lipinski definition) is 4. The number of amides is 1. The summed E-state index contributed by atoms with van der Waals surface area (Å²) in [4.78, 5) is 19.5. The van der Waals surface area contributed by atoms with E-state index in [1.54, 1.807) is 0 Å². The van der Waals surface area contributed by atoms with Crippen LogP contribution >= 0.6 is 0 Å². The molecule has 172 valence electrons. The number of aryl methyl sites for hydroxylation is 1. The van der Waals surface area contributed by atoms with Gasteiger partial charge in [0.05, 0.1) is 17.6 Å². The monoisotopic (exact) mass is 436 g/mol. The van der Waals surface area contributed by atoms with Crippen molar-refractivity contribution in [1.82, 2.24) is 14.5 Å². The second-order valence-electron chi connectivity index (χ2n) is 8.38. The van der Waals surface area contributed by atoms with Crippen LogP contribution in [0.25, 0.3) is 11.0 Å². The number of nitrogens with zero attached hydrogens (tertiary/aromatic N) is 3. The third kappa shape index (κ3) is 5.61. The lowest BCUT2D eigenvalue weighted by Crippen LogP contribution is -2.30. The fourth-order valence-corrected chi connectivity index (χ4v) is 3.76. The van der Waals surface area contributed by atoms with E-state index in [9.17, 15) is 4.79 Å². The van der Waals surface area contributed by atoms with E-state index in [-0.39, 0.29) is 5.91 Å². The van der Waals surface area contributed by atoms with Gasteiger partial charge in [-0.1, -0.05) is 26.0 Å². The van der Waals surface area contributed by atoms with Gasteiger partial charge in [0.25, 0.3) is 5.91 Å². The normalized spacial score (nSPS) is 11.2. The lowest BCUT2D eigenvalue weighted by molar-refractivity contribution is 0.0773. The van der Waals surface area contributed by atoms with Crippen LogP contribution in [0, 0.1) is 5.92 Å². The maximum absolute atomic E-state index is 12.8. The van der Waals surface area contributed by atoms with Crippen LogP contribution in [0.5, 0.6) is 5.75 Å². The number of benzene rings is 2. The second kappa shape index (κ2) is 11.0. The molecule has 0 bridgehead atoms. The summed E-state index contributed by atoms with van der Waals surface area (Å²) in [6.07, 6.45) is 1.06. The maximum Gasteiger partial charge on any atom is 0.253 e. The zero-order valence-corrected chi connectivity index (χ0v) is 20.0. The van der Waals surface area contributed by atoms with E-state index in [2.05, 4.69) is 35.9 Å². The third-order valence-corrected chi connectivity index (χ3v) is 5.66. The van der Waals surface area contributed by atoms with Crippen molar-refractivity contribution < 1.29 is 9.53 Å². The molecule has 0 atom stereocenters. The van der Waals surface area contributed by atoms with Gasteiger partial charge in [-0.15, -0.1) is 0 Å². The summed E-state index contributed by atoms with van der Waals surface area (Å²) in [6.45, 7) is 14.1. The molecule has 0 aliphatic heterocycles. The molecule has 0 saturated heterocycles. The van der Waals surface area contributed by atoms with E-state index in [1.807, 2.05) is 56.0 Å². The van der Waals surface area contributed by atoms with Crippen LogP contribution in [0.3, 0.4) is 0 Å². The summed E-state index contributed by atoms with van der Waals surface area (Å²) in [5.74, 6) is 2.36. The Morgan fingerprint density at radius 3 is 2.44 bits per heavy atom. The number of aromatic nitrogens is 2. The Bertz CT molecular complexity index is 1020. The fraction of sp³-hybridized carbons (Fsp3) is 0.462. The Hall–Kier alpha value is -3.02. The third-order valence-electron chi connectivity index (χ3n) is 5.66. The Balaban J connectivity index is 1.87. The van der Waals surface area contributed by atoms with Crippen molar-refractivity contribution in [3.8, 4) is 5.75 Å². The number of nitrogens with one attached hydrogen (secondary N) is 1. The van der Waals surface area contributed by atoms with Crippen molar-refractivity contribution in [3.05, 3.63) is 53.6 Å². The van der Waals surface area contributed by atoms with Crippen molar-refractivity contribution in [2.75, 3.05) is 25.0 Å². The van der Waals surface area contributed by atoms with Gasteiger partial charge < -0.3 is 19.5 Å². The van der Waals surface area contributed by atoms with Gasteiger partial charge in [-0.2, -0.15) is 0 Å². The molecule has 1 aromatic heterocycles. The largest absolute Gasteiger partial charge is 0.494 e. The zero-order chi connectivity index (χ0) is 23.1. The molecule has 0 unspecified atom stereocenters. The highest BCUT2D eigenvalue weighted by Gasteiger charge is 2.16. The van der Waals surface area contributed by atoms with E-state index in [1.165, 1.54) is 0 Å². The second-order valence-corrected chi connectivity index (χ2v) is 8.38. The number of rotatable bonds is 11. The lowest BCUT2D eigenvalue weighted by atomic mass is 10.1. The molecular formula is C26H36N4O2. The quantitative estimate of drug-likeness (QED) is 0.427. The molecule has 0 fully saturated rings. The number of hydrogen-bond donors (Lipinski definition) is 1. The molecule has 3 aromatic rings. The van der Waals surface area contributed by atoms with Gasteiger partial charge in [0.2, 0.25) is 5.95 Å².